The molecule has 3 aromatic heterocycles. The van der Waals surface area contributed by atoms with Crippen LogP contribution in [0.4, 0.5) is 11.4 Å². The standard InChI is InChI=1S/C44H24N6O4S2/c51-38-29-7-3-1-5-27(29)36-34-31(38)18-13-24(40(34)55-49-36)21-45-25-14-9-22(10-15-25)43-47-48-44(54-43)23-11-16-26(17-12-23)46-42(53)33-20-19-32-35-37(50-56-41(33)35)28-6-2-4-8-30(28)39(32)52/h1-20,45H,21H2,(H,46,53). The molecule has 2 aliphatic rings. The highest BCUT2D eigenvalue weighted by Crippen LogP contribution is 2.43. The number of aromatic nitrogens is 4. The van der Waals surface area contributed by atoms with Gasteiger partial charge in [0.1, 0.15) is 0 Å². The molecule has 6 aromatic carbocycles. The number of amides is 1. The zero-order valence-corrected chi connectivity index (χ0v) is 30.6. The van der Waals surface area contributed by atoms with Gasteiger partial charge in [0.15, 0.2) is 11.6 Å². The van der Waals surface area contributed by atoms with Gasteiger partial charge in [-0.2, -0.15) is 8.75 Å². The van der Waals surface area contributed by atoms with E-state index in [0.717, 1.165) is 54.8 Å². The number of carbonyl (C=O) groups excluding carboxylic acids is 3. The first-order chi connectivity index (χ1) is 27.5. The Labute approximate surface area is 325 Å². The van der Waals surface area contributed by atoms with Gasteiger partial charge < -0.3 is 15.1 Å². The minimum atomic E-state index is -0.296. The van der Waals surface area contributed by atoms with Gasteiger partial charge in [0.25, 0.3) is 5.91 Å². The summed E-state index contributed by atoms with van der Waals surface area (Å²) in [4.78, 5) is 39.9. The van der Waals surface area contributed by atoms with Crippen LogP contribution >= 0.6 is 23.1 Å². The summed E-state index contributed by atoms with van der Waals surface area (Å²) in [5.74, 6) is 0.403. The Morgan fingerprint density at radius 2 is 1.07 bits per heavy atom. The molecular formula is C44H24N6O4S2. The van der Waals surface area contributed by atoms with Crippen LogP contribution in [0.25, 0.3) is 65.6 Å². The zero-order chi connectivity index (χ0) is 37.5. The van der Waals surface area contributed by atoms with Crippen LogP contribution in [0.3, 0.4) is 0 Å². The summed E-state index contributed by atoms with van der Waals surface area (Å²) in [5.41, 5.74) is 10.4. The average Bonchev–Trinajstić information content (AvgIpc) is 4.02. The fraction of sp³-hybridized carbons (Fsp3) is 0.0227. The third kappa shape index (κ3) is 4.96. The molecule has 11 rings (SSSR count). The summed E-state index contributed by atoms with van der Waals surface area (Å²) in [6.07, 6.45) is 0. The van der Waals surface area contributed by atoms with Gasteiger partial charge in [-0.3, -0.25) is 14.4 Å². The Balaban J connectivity index is 0.768. The van der Waals surface area contributed by atoms with Crippen molar-refractivity contribution in [3.05, 3.63) is 155 Å². The number of ketones is 2. The molecule has 0 atom stereocenters. The second kappa shape index (κ2) is 12.4. The first-order valence-electron chi connectivity index (χ1n) is 17.7. The molecule has 0 unspecified atom stereocenters. The lowest BCUT2D eigenvalue weighted by Crippen LogP contribution is -2.14. The van der Waals surface area contributed by atoms with Crippen molar-refractivity contribution in [1.82, 2.24) is 18.9 Å². The van der Waals surface area contributed by atoms with Crippen molar-refractivity contribution in [3.63, 3.8) is 0 Å². The van der Waals surface area contributed by atoms with Crippen LogP contribution in [0.5, 0.6) is 0 Å². The van der Waals surface area contributed by atoms with Gasteiger partial charge in [-0.1, -0.05) is 54.6 Å². The van der Waals surface area contributed by atoms with Crippen molar-refractivity contribution in [1.29, 1.82) is 0 Å². The molecule has 10 nitrogen and oxygen atoms in total. The average molecular weight is 765 g/mol. The molecule has 3 heterocycles. The van der Waals surface area contributed by atoms with Gasteiger partial charge in [-0.15, -0.1) is 10.2 Å². The lowest BCUT2D eigenvalue weighted by Gasteiger charge is -2.16. The number of rotatable bonds is 7. The SMILES string of the molecule is O=C(Nc1ccc(-c2nnc(-c3ccc(NCc4ccc5c6c(nsc46)-c4ccccc4C5=O)cc3)o2)cc1)c1ccc2c3c(nsc13)-c1ccccc1C2=O. The molecule has 0 fully saturated rings. The number of hydrogen-bond donors (Lipinski definition) is 2. The molecule has 12 heteroatoms. The quantitative estimate of drug-likeness (QED) is 0.162. The second-order valence-corrected chi connectivity index (χ2v) is 15.1. The van der Waals surface area contributed by atoms with Crippen LogP contribution in [-0.4, -0.2) is 36.4 Å². The predicted octanol–water partition coefficient (Wildman–Crippen LogP) is 9.91. The normalized spacial score (nSPS) is 12.5. The minimum absolute atomic E-state index is 0.0376. The van der Waals surface area contributed by atoms with Gasteiger partial charge in [0, 0.05) is 73.2 Å². The molecule has 0 spiro atoms. The van der Waals surface area contributed by atoms with Crippen molar-refractivity contribution in [2.75, 3.05) is 10.6 Å². The van der Waals surface area contributed by atoms with Gasteiger partial charge in [-0.25, -0.2) is 0 Å². The molecule has 1 amide bonds. The first-order valence-corrected chi connectivity index (χ1v) is 19.3. The van der Waals surface area contributed by atoms with E-state index in [1.807, 2.05) is 97.1 Å². The largest absolute Gasteiger partial charge is 0.416 e. The molecule has 2 N–H and O–H groups in total. The van der Waals surface area contributed by atoms with Crippen molar-refractivity contribution >= 4 is 72.1 Å². The van der Waals surface area contributed by atoms with Gasteiger partial charge in [0.05, 0.1) is 26.4 Å². The summed E-state index contributed by atoms with van der Waals surface area (Å²) in [5, 5.41) is 16.7. The number of fused-ring (bicyclic) bond motifs is 4. The van der Waals surface area contributed by atoms with E-state index in [1.165, 1.54) is 23.1 Å². The molecular weight excluding hydrogens is 741 g/mol. The Hall–Kier alpha value is -7.15. The zero-order valence-electron chi connectivity index (χ0n) is 29.0. The van der Waals surface area contributed by atoms with Gasteiger partial charge in [-0.05, 0) is 95.4 Å². The number of nitrogens with zero attached hydrogens (tertiary/aromatic N) is 4. The van der Waals surface area contributed by atoms with Crippen LogP contribution in [0.15, 0.2) is 126 Å². The van der Waals surface area contributed by atoms with E-state index in [0.29, 0.717) is 62.1 Å². The first kappa shape index (κ1) is 32.3. The van der Waals surface area contributed by atoms with Crippen LogP contribution in [0, 0.1) is 0 Å². The minimum Gasteiger partial charge on any atom is -0.416 e. The summed E-state index contributed by atoms with van der Waals surface area (Å²) < 4.78 is 17.1. The van der Waals surface area contributed by atoms with Crippen molar-refractivity contribution in [2.45, 2.75) is 6.54 Å². The fourth-order valence-corrected chi connectivity index (χ4v) is 9.42. The number of hydrogen-bond acceptors (Lipinski definition) is 11. The number of anilines is 2. The predicted molar refractivity (Wildman–Crippen MR) is 217 cm³/mol. The molecule has 0 saturated carbocycles. The number of nitrogens with one attached hydrogen (secondary N) is 2. The van der Waals surface area contributed by atoms with Crippen molar-refractivity contribution < 1.29 is 18.8 Å². The van der Waals surface area contributed by atoms with Gasteiger partial charge in [0.2, 0.25) is 11.8 Å². The lowest BCUT2D eigenvalue weighted by atomic mass is 9.87. The molecule has 56 heavy (non-hydrogen) atoms. The smallest absolute Gasteiger partial charge is 0.257 e. The maximum absolute atomic E-state index is 13.5. The van der Waals surface area contributed by atoms with Crippen molar-refractivity contribution in [3.8, 4) is 45.4 Å². The highest BCUT2D eigenvalue weighted by Gasteiger charge is 2.30. The van der Waals surface area contributed by atoms with E-state index >= 15 is 0 Å². The van der Waals surface area contributed by atoms with Crippen LogP contribution in [0.2, 0.25) is 0 Å². The molecule has 0 bridgehead atoms. The molecule has 266 valence electrons. The van der Waals surface area contributed by atoms with Crippen LogP contribution < -0.4 is 10.6 Å². The maximum Gasteiger partial charge on any atom is 0.257 e. The summed E-state index contributed by atoms with van der Waals surface area (Å²) in [7, 11) is 0. The van der Waals surface area contributed by atoms with E-state index < -0.39 is 0 Å². The van der Waals surface area contributed by atoms with E-state index in [2.05, 4.69) is 25.2 Å². The molecule has 0 radical (unpaired) electrons. The fourth-order valence-electron chi connectivity index (χ4n) is 7.56. The highest BCUT2D eigenvalue weighted by atomic mass is 32.1. The molecule has 0 saturated heterocycles. The molecule has 2 aliphatic carbocycles. The van der Waals surface area contributed by atoms with Crippen LogP contribution in [-0.2, 0) is 6.54 Å². The number of carbonyl (C=O) groups is 3. The topological polar surface area (TPSA) is 140 Å². The Morgan fingerprint density at radius 3 is 1.68 bits per heavy atom. The molecule has 9 aromatic rings. The van der Waals surface area contributed by atoms with E-state index in [4.69, 9.17) is 8.79 Å². The summed E-state index contributed by atoms with van der Waals surface area (Å²) in [6.45, 7) is 0.563. The second-order valence-electron chi connectivity index (χ2n) is 13.5. The monoisotopic (exact) mass is 764 g/mol. The van der Waals surface area contributed by atoms with Gasteiger partial charge >= 0.3 is 0 Å². The van der Waals surface area contributed by atoms with E-state index in [9.17, 15) is 14.4 Å². The molecule has 0 aliphatic heterocycles. The highest BCUT2D eigenvalue weighted by molar-refractivity contribution is 7.14. The maximum atomic E-state index is 13.5. The van der Waals surface area contributed by atoms with Crippen molar-refractivity contribution in [2.24, 2.45) is 0 Å². The Morgan fingerprint density at radius 1 is 0.554 bits per heavy atom. The third-order valence-corrected chi connectivity index (χ3v) is 12.1. The Bertz CT molecular complexity index is 3130. The summed E-state index contributed by atoms with van der Waals surface area (Å²) >= 11 is 2.65. The van der Waals surface area contributed by atoms with E-state index in [-0.39, 0.29) is 17.5 Å². The Kier molecular flexibility index (Phi) is 7.18. The number of benzene rings is 6. The summed E-state index contributed by atoms with van der Waals surface area (Å²) in [6, 6.07) is 37.3. The lowest BCUT2D eigenvalue weighted by molar-refractivity contribution is 0.102. The third-order valence-electron chi connectivity index (χ3n) is 10.3. The van der Waals surface area contributed by atoms with Crippen LogP contribution in [0.1, 0.15) is 47.8 Å². The van der Waals surface area contributed by atoms with E-state index in [1.54, 1.807) is 24.3 Å².